The number of phenolic OH excluding ortho intramolecular Hbond substituents is 4. The Hall–Kier alpha value is -2.36. The average molecular weight is 258 g/mol. The van der Waals surface area contributed by atoms with Crippen LogP contribution in [0.4, 0.5) is 0 Å². The summed E-state index contributed by atoms with van der Waals surface area (Å²) >= 11 is 0. The van der Waals surface area contributed by atoms with Crippen LogP contribution in [0.2, 0.25) is 0 Å². The fourth-order valence-corrected chi connectivity index (χ4v) is 2.71. The van der Waals surface area contributed by atoms with E-state index >= 15 is 0 Å². The quantitative estimate of drug-likeness (QED) is 0.548. The molecule has 0 saturated heterocycles. The van der Waals surface area contributed by atoms with Gasteiger partial charge in [-0.3, -0.25) is 0 Å². The molecule has 0 bridgehead atoms. The van der Waals surface area contributed by atoms with Crippen molar-refractivity contribution in [2.45, 2.75) is 19.3 Å². The molecule has 4 N–H and O–H groups in total. The first-order valence-electron chi connectivity index (χ1n) is 6.08. The van der Waals surface area contributed by atoms with Gasteiger partial charge in [0.15, 0.2) is 23.0 Å². The van der Waals surface area contributed by atoms with Crippen molar-refractivity contribution in [3.63, 3.8) is 0 Å². The zero-order valence-electron chi connectivity index (χ0n) is 10.4. The van der Waals surface area contributed by atoms with Crippen LogP contribution in [0.1, 0.15) is 24.0 Å². The van der Waals surface area contributed by atoms with Crippen molar-refractivity contribution in [3.8, 4) is 34.1 Å². The molecule has 0 spiro atoms. The maximum Gasteiger partial charge on any atom is 0.158 e. The van der Waals surface area contributed by atoms with Crippen LogP contribution >= 0.6 is 0 Å². The van der Waals surface area contributed by atoms with Gasteiger partial charge in [0.25, 0.3) is 0 Å². The number of rotatable bonds is 0. The van der Waals surface area contributed by atoms with Crippen molar-refractivity contribution in [1.29, 1.82) is 0 Å². The van der Waals surface area contributed by atoms with Gasteiger partial charge in [-0.1, -0.05) is 6.92 Å². The summed E-state index contributed by atoms with van der Waals surface area (Å²) < 4.78 is 0. The van der Waals surface area contributed by atoms with Crippen molar-refractivity contribution in [2.24, 2.45) is 0 Å². The molecular weight excluding hydrogens is 244 g/mol. The average Bonchev–Trinajstić information content (AvgIpc) is 2.35. The largest absolute Gasteiger partial charge is 0.504 e. The van der Waals surface area contributed by atoms with Crippen LogP contribution in [-0.2, 0) is 6.42 Å². The monoisotopic (exact) mass is 258 g/mol. The maximum atomic E-state index is 9.65. The fourth-order valence-electron chi connectivity index (χ4n) is 2.71. The smallest absolute Gasteiger partial charge is 0.158 e. The van der Waals surface area contributed by atoms with E-state index in [1.54, 1.807) is 12.1 Å². The lowest BCUT2D eigenvalue weighted by Crippen LogP contribution is -2.08. The highest BCUT2D eigenvalue weighted by atomic mass is 16.3. The standard InChI is InChI=1S/C15H14O4/c1-7-2-8-3-12(16)14(18)5-10(8)11-6-15(19)13(17)4-9(7)11/h3-7,16-19H,2H2,1H3. The minimum absolute atomic E-state index is 0.141. The molecule has 3 rings (SSSR count). The molecule has 0 heterocycles. The first kappa shape index (κ1) is 11.7. The number of fused-ring (bicyclic) bond motifs is 3. The normalized spacial score (nSPS) is 16.8. The first-order chi connectivity index (χ1) is 8.97. The molecular formula is C15H14O4. The molecule has 0 aromatic heterocycles. The molecule has 1 unspecified atom stereocenters. The highest BCUT2D eigenvalue weighted by molar-refractivity contribution is 5.78. The molecule has 4 heteroatoms. The van der Waals surface area contributed by atoms with E-state index < -0.39 is 0 Å². The summed E-state index contributed by atoms with van der Waals surface area (Å²) in [4.78, 5) is 0. The van der Waals surface area contributed by atoms with Crippen molar-refractivity contribution in [1.82, 2.24) is 0 Å². The van der Waals surface area contributed by atoms with E-state index in [4.69, 9.17) is 0 Å². The summed E-state index contributed by atoms with van der Waals surface area (Å²) in [6.45, 7) is 2.02. The van der Waals surface area contributed by atoms with Gasteiger partial charge in [-0.25, -0.2) is 0 Å². The first-order valence-corrected chi connectivity index (χ1v) is 6.08. The zero-order chi connectivity index (χ0) is 13.7. The number of phenols is 4. The van der Waals surface area contributed by atoms with E-state index in [9.17, 15) is 20.4 Å². The summed E-state index contributed by atoms with van der Waals surface area (Å²) in [6.07, 6.45) is 0.709. The molecule has 2 aromatic rings. The number of benzene rings is 2. The topological polar surface area (TPSA) is 80.9 Å². The number of hydrogen-bond donors (Lipinski definition) is 4. The Morgan fingerprint density at radius 2 is 1.32 bits per heavy atom. The second-order valence-corrected chi connectivity index (χ2v) is 5.03. The molecule has 4 nitrogen and oxygen atoms in total. The molecule has 2 aromatic carbocycles. The summed E-state index contributed by atoms with van der Waals surface area (Å²) in [6, 6.07) is 6.09. The summed E-state index contributed by atoms with van der Waals surface area (Å²) in [7, 11) is 0. The SMILES string of the molecule is CC1Cc2cc(O)c(O)cc2-c2cc(O)c(O)cc21. The molecule has 0 saturated carbocycles. The minimum Gasteiger partial charge on any atom is -0.504 e. The Balaban J connectivity index is 2.31. The van der Waals surface area contributed by atoms with Gasteiger partial charge in [0.05, 0.1) is 0 Å². The van der Waals surface area contributed by atoms with Crippen molar-refractivity contribution in [3.05, 3.63) is 35.4 Å². The van der Waals surface area contributed by atoms with Crippen LogP contribution in [0.3, 0.4) is 0 Å². The van der Waals surface area contributed by atoms with Gasteiger partial charge >= 0.3 is 0 Å². The highest BCUT2D eigenvalue weighted by Gasteiger charge is 2.25. The summed E-state index contributed by atoms with van der Waals surface area (Å²) in [5.41, 5.74) is 3.39. The van der Waals surface area contributed by atoms with Crippen LogP contribution in [0.15, 0.2) is 24.3 Å². The molecule has 1 aliphatic carbocycles. The Bertz CT molecular complexity index is 676. The minimum atomic E-state index is -0.189. The van der Waals surface area contributed by atoms with E-state index in [1.807, 2.05) is 6.92 Å². The fraction of sp³-hybridized carbons (Fsp3) is 0.200. The van der Waals surface area contributed by atoms with Crippen LogP contribution in [0, 0.1) is 0 Å². The lowest BCUT2D eigenvalue weighted by atomic mass is 9.79. The Morgan fingerprint density at radius 1 is 0.789 bits per heavy atom. The van der Waals surface area contributed by atoms with E-state index in [0.717, 1.165) is 22.3 Å². The lowest BCUT2D eigenvalue weighted by Gasteiger charge is -2.26. The summed E-state index contributed by atoms with van der Waals surface area (Å²) in [5, 5.41) is 38.4. The van der Waals surface area contributed by atoms with Gasteiger partial charge in [0, 0.05) is 0 Å². The van der Waals surface area contributed by atoms with Gasteiger partial charge in [0.1, 0.15) is 0 Å². The Labute approximate surface area is 110 Å². The third kappa shape index (κ3) is 1.68. The van der Waals surface area contributed by atoms with E-state index in [1.165, 1.54) is 12.1 Å². The maximum absolute atomic E-state index is 9.65. The van der Waals surface area contributed by atoms with Crippen LogP contribution in [-0.4, -0.2) is 20.4 Å². The third-order valence-electron chi connectivity index (χ3n) is 3.69. The number of hydrogen-bond acceptors (Lipinski definition) is 4. The predicted molar refractivity (Wildman–Crippen MR) is 70.7 cm³/mol. The van der Waals surface area contributed by atoms with Crippen LogP contribution < -0.4 is 0 Å². The molecule has 0 radical (unpaired) electrons. The molecule has 98 valence electrons. The highest BCUT2D eigenvalue weighted by Crippen LogP contribution is 2.46. The molecule has 19 heavy (non-hydrogen) atoms. The van der Waals surface area contributed by atoms with E-state index in [-0.39, 0.29) is 28.9 Å². The van der Waals surface area contributed by atoms with Crippen LogP contribution in [0.5, 0.6) is 23.0 Å². The van der Waals surface area contributed by atoms with Gasteiger partial charge in [-0.05, 0) is 58.9 Å². The molecule has 1 aliphatic rings. The van der Waals surface area contributed by atoms with Crippen molar-refractivity contribution in [2.75, 3.05) is 0 Å². The number of aromatic hydroxyl groups is 4. The van der Waals surface area contributed by atoms with Gasteiger partial charge < -0.3 is 20.4 Å². The molecule has 0 aliphatic heterocycles. The molecule has 0 fully saturated rings. The Kier molecular flexibility index (Phi) is 2.35. The second-order valence-electron chi connectivity index (χ2n) is 5.03. The van der Waals surface area contributed by atoms with Gasteiger partial charge in [-0.2, -0.15) is 0 Å². The lowest BCUT2D eigenvalue weighted by molar-refractivity contribution is 0.401. The Morgan fingerprint density at radius 3 is 2.00 bits per heavy atom. The second kappa shape index (κ2) is 3.82. The zero-order valence-corrected chi connectivity index (χ0v) is 10.4. The van der Waals surface area contributed by atoms with Crippen molar-refractivity contribution >= 4 is 0 Å². The van der Waals surface area contributed by atoms with Gasteiger partial charge in [-0.15, -0.1) is 0 Å². The van der Waals surface area contributed by atoms with Crippen LogP contribution in [0.25, 0.3) is 11.1 Å². The van der Waals surface area contributed by atoms with E-state index in [2.05, 4.69) is 0 Å². The predicted octanol–water partition coefficient (Wildman–Crippen LogP) is 2.84. The summed E-state index contributed by atoms with van der Waals surface area (Å²) in [5.74, 6) is -0.495. The van der Waals surface area contributed by atoms with E-state index in [0.29, 0.717) is 6.42 Å². The third-order valence-corrected chi connectivity index (χ3v) is 3.69. The molecule has 1 atom stereocenters. The molecule has 0 amide bonds. The van der Waals surface area contributed by atoms with Gasteiger partial charge in [0.2, 0.25) is 0 Å². The van der Waals surface area contributed by atoms with Crippen molar-refractivity contribution < 1.29 is 20.4 Å².